The molecule has 6 heteroatoms. The number of carbonyl (C=O) groups is 2. The summed E-state index contributed by atoms with van der Waals surface area (Å²) in [5.41, 5.74) is 1.39. The molecule has 2 aromatic carbocycles. The quantitative estimate of drug-likeness (QED) is 0.239. The van der Waals surface area contributed by atoms with Crippen LogP contribution in [0.1, 0.15) is 51.0 Å². The Bertz CT molecular complexity index is 939. The van der Waals surface area contributed by atoms with Gasteiger partial charge in [0.15, 0.2) is 5.11 Å². The van der Waals surface area contributed by atoms with Crippen LogP contribution in [0.4, 0.5) is 5.69 Å². The first-order chi connectivity index (χ1) is 15.1. The Labute approximate surface area is 189 Å². The number of benzene rings is 2. The van der Waals surface area contributed by atoms with Crippen LogP contribution in [0.2, 0.25) is 0 Å². The van der Waals surface area contributed by atoms with Crippen LogP contribution in [-0.4, -0.2) is 23.5 Å². The largest absolute Gasteiger partial charge is 0.494 e. The zero-order valence-corrected chi connectivity index (χ0v) is 18.6. The number of rotatable bonds is 10. The molecule has 1 aliphatic rings. The van der Waals surface area contributed by atoms with Gasteiger partial charge in [0.05, 0.1) is 12.3 Å². The molecule has 1 fully saturated rings. The van der Waals surface area contributed by atoms with Crippen molar-refractivity contribution in [2.45, 2.75) is 45.4 Å². The molecule has 0 saturated carbocycles. The van der Waals surface area contributed by atoms with E-state index in [1.165, 1.54) is 37.0 Å². The van der Waals surface area contributed by atoms with Gasteiger partial charge >= 0.3 is 0 Å². The van der Waals surface area contributed by atoms with E-state index in [4.69, 9.17) is 17.0 Å². The minimum Gasteiger partial charge on any atom is -0.494 e. The molecule has 162 valence electrons. The Morgan fingerprint density at radius 2 is 1.61 bits per heavy atom. The van der Waals surface area contributed by atoms with Crippen molar-refractivity contribution >= 4 is 40.9 Å². The third-order valence-electron chi connectivity index (χ3n) is 5.07. The maximum absolute atomic E-state index is 13.0. The molecule has 0 aromatic heterocycles. The molecule has 0 spiro atoms. The number of hydrogen-bond donors (Lipinski definition) is 1. The van der Waals surface area contributed by atoms with Crippen LogP contribution >= 0.6 is 12.2 Å². The number of para-hydroxylation sites is 1. The van der Waals surface area contributed by atoms with Gasteiger partial charge < -0.3 is 4.74 Å². The summed E-state index contributed by atoms with van der Waals surface area (Å²) in [6, 6.07) is 16.4. The van der Waals surface area contributed by atoms with Crippen LogP contribution < -0.4 is 15.0 Å². The average Bonchev–Trinajstić information content (AvgIpc) is 2.77. The highest BCUT2D eigenvalue weighted by atomic mass is 32.1. The first kappa shape index (κ1) is 22.7. The van der Waals surface area contributed by atoms with Crippen molar-refractivity contribution < 1.29 is 14.3 Å². The number of thiocarbonyl (C=S) groups is 1. The number of carbonyl (C=O) groups excluding carboxylic acids is 2. The highest BCUT2D eigenvalue weighted by Gasteiger charge is 2.34. The summed E-state index contributed by atoms with van der Waals surface area (Å²) in [7, 11) is 0. The molecule has 0 bridgehead atoms. The Kier molecular flexibility index (Phi) is 8.35. The number of amides is 2. The number of unbranched alkanes of at least 4 members (excludes halogenated alkanes) is 5. The fourth-order valence-electron chi connectivity index (χ4n) is 3.37. The normalized spacial score (nSPS) is 15.3. The molecule has 31 heavy (non-hydrogen) atoms. The molecular weight excluding hydrogens is 408 g/mol. The number of ether oxygens (including phenoxy) is 1. The van der Waals surface area contributed by atoms with Crippen LogP contribution in [-0.2, 0) is 9.59 Å². The fourth-order valence-corrected chi connectivity index (χ4v) is 3.65. The molecule has 1 N–H and O–H groups in total. The van der Waals surface area contributed by atoms with Crippen LogP contribution in [0.5, 0.6) is 5.75 Å². The molecule has 0 atom stereocenters. The zero-order chi connectivity index (χ0) is 22.1. The molecule has 0 aliphatic carbocycles. The first-order valence-corrected chi connectivity index (χ1v) is 11.2. The third kappa shape index (κ3) is 6.25. The lowest BCUT2D eigenvalue weighted by atomic mass is 10.1. The van der Waals surface area contributed by atoms with E-state index in [0.29, 0.717) is 12.3 Å². The molecule has 1 aliphatic heterocycles. The van der Waals surface area contributed by atoms with Crippen molar-refractivity contribution in [3.05, 3.63) is 65.7 Å². The SMILES string of the molecule is CCCCCCCCOc1ccc(C=C2C(=O)NC(=S)N(c3ccccc3)C2=O)cc1. The van der Waals surface area contributed by atoms with Crippen molar-refractivity contribution in [2.24, 2.45) is 0 Å². The van der Waals surface area contributed by atoms with Crippen LogP contribution in [0, 0.1) is 0 Å². The zero-order valence-electron chi connectivity index (χ0n) is 17.8. The van der Waals surface area contributed by atoms with Gasteiger partial charge in [-0.2, -0.15) is 0 Å². The summed E-state index contributed by atoms with van der Waals surface area (Å²) in [6.07, 6.45) is 8.89. The fraction of sp³-hybridized carbons (Fsp3) is 0.320. The van der Waals surface area contributed by atoms with Crippen molar-refractivity contribution in [3.63, 3.8) is 0 Å². The molecule has 3 rings (SSSR count). The van der Waals surface area contributed by atoms with Crippen LogP contribution in [0.25, 0.3) is 6.08 Å². The monoisotopic (exact) mass is 436 g/mol. The predicted molar refractivity (Wildman–Crippen MR) is 128 cm³/mol. The predicted octanol–water partition coefficient (Wildman–Crippen LogP) is 5.26. The van der Waals surface area contributed by atoms with Crippen LogP contribution in [0.3, 0.4) is 0 Å². The van der Waals surface area contributed by atoms with Gasteiger partial charge in [0.25, 0.3) is 11.8 Å². The number of nitrogens with zero attached hydrogens (tertiary/aromatic N) is 1. The topological polar surface area (TPSA) is 58.6 Å². The smallest absolute Gasteiger partial charge is 0.270 e. The molecule has 1 saturated heterocycles. The van der Waals surface area contributed by atoms with Gasteiger partial charge in [-0.05, 0) is 54.5 Å². The van der Waals surface area contributed by atoms with Gasteiger partial charge in [0, 0.05) is 0 Å². The minimum atomic E-state index is -0.495. The van der Waals surface area contributed by atoms with Crippen molar-refractivity contribution in [2.75, 3.05) is 11.5 Å². The molecule has 2 aromatic rings. The second-order valence-corrected chi connectivity index (χ2v) is 7.87. The Hall–Kier alpha value is -2.99. The number of anilines is 1. The van der Waals surface area contributed by atoms with E-state index in [2.05, 4.69) is 12.2 Å². The summed E-state index contributed by atoms with van der Waals surface area (Å²) in [5.74, 6) is -0.156. The summed E-state index contributed by atoms with van der Waals surface area (Å²) < 4.78 is 5.80. The van der Waals surface area contributed by atoms with Crippen molar-refractivity contribution in [3.8, 4) is 5.75 Å². The van der Waals surface area contributed by atoms with Gasteiger partial charge in [-0.25, -0.2) is 0 Å². The molecule has 2 amide bonds. The lowest BCUT2D eigenvalue weighted by molar-refractivity contribution is -0.122. The maximum Gasteiger partial charge on any atom is 0.270 e. The van der Waals surface area contributed by atoms with Crippen molar-refractivity contribution in [1.82, 2.24) is 5.32 Å². The summed E-state index contributed by atoms with van der Waals surface area (Å²) in [4.78, 5) is 26.7. The molecule has 0 unspecified atom stereocenters. The summed E-state index contributed by atoms with van der Waals surface area (Å²) in [5, 5.41) is 2.68. The van der Waals surface area contributed by atoms with Gasteiger partial charge in [-0.3, -0.25) is 19.8 Å². The van der Waals surface area contributed by atoms with E-state index in [1.54, 1.807) is 18.2 Å². The van der Waals surface area contributed by atoms with E-state index in [-0.39, 0.29) is 10.7 Å². The molecule has 5 nitrogen and oxygen atoms in total. The maximum atomic E-state index is 13.0. The van der Waals surface area contributed by atoms with E-state index in [9.17, 15) is 9.59 Å². The number of hydrogen-bond acceptors (Lipinski definition) is 4. The lowest BCUT2D eigenvalue weighted by Crippen LogP contribution is -2.54. The standard InChI is InChI=1S/C25H28N2O3S/c1-2-3-4-5-6-10-17-30-21-15-13-19(14-16-21)18-22-23(28)26-25(31)27(24(22)29)20-11-8-7-9-12-20/h7-9,11-16,18H,2-6,10,17H2,1H3,(H,26,28,31). The Morgan fingerprint density at radius 3 is 2.32 bits per heavy atom. The molecular formula is C25H28N2O3S. The number of nitrogens with one attached hydrogen (secondary N) is 1. The lowest BCUT2D eigenvalue weighted by Gasteiger charge is -2.28. The molecule has 0 radical (unpaired) electrons. The third-order valence-corrected chi connectivity index (χ3v) is 5.36. The molecule has 1 heterocycles. The average molecular weight is 437 g/mol. The summed E-state index contributed by atoms with van der Waals surface area (Å²) >= 11 is 5.21. The van der Waals surface area contributed by atoms with Gasteiger partial charge in [0.2, 0.25) is 0 Å². The highest BCUT2D eigenvalue weighted by molar-refractivity contribution is 7.80. The highest BCUT2D eigenvalue weighted by Crippen LogP contribution is 2.22. The second-order valence-electron chi connectivity index (χ2n) is 7.48. The van der Waals surface area contributed by atoms with Gasteiger partial charge in [-0.1, -0.05) is 69.4 Å². The van der Waals surface area contributed by atoms with Gasteiger partial charge in [-0.15, -0.1) is 0 Å². The summed E-state index contributed by atoms with van der Waals surface area (Å²) in [6.45, 7) is 2.91. The van der Waals surface area contributed by atoms with E-state index in [1.807, 2.05) is 42.5 Å². The van der Waals surface area contributed by atoms with Gasteiger partial charge in [0.1, 0.15) is 11.3 Å². The Balaban J connectivity index is 1.62. The second kappa shape index (κ2) is 11.4. The van der Waals surface area contributed by atoms with E-state index >= 15 is 0 Å². The van der Waals surface area contributed by atoms with E-state index < -0.39 is 11.8 Å². The Morgan fingerprint density at radius 1 is 0.935 bits per heavy atom. The van der Waals surface area contributed by atoms with E-state index in [0.717, 1.165) is 17.7 Å². The first-order valence-electron chi connectivity index (χ1n) is 10.8. The van der Waals surface area contributed by atoms with Crippen LogP contribution in [0.15, 0.2) is 60.2 Å². The minimum absolute atomic E-state index is 0.0400. The van der Waals surface area contributed by atoms with Crippen molar-refractivity contribution in [1.29, 1.82) is 0 Å².